The van der Waals surface area contributed by atoms with Gasteiger partial charge in [0.1, 0.15) is 0 Å². The van der Waals surface area contributed by atoms with Gasteiger partial charge in [0.25, 0.3) is 11.6 Å². The van der Waals surface area contributed by atoms with Crippen molar-refractivity contribution in [2.45, 2.75) is 51.9 Å². The van der Waals surface area contributed by atoms with E-state index >= 15 is 0 Å². The zero-order chi connectivity index (χ0) is 20.2. The number of carbonyl (C=O) groups is 1. The minimum atomic E-state index is -5.04. The SMILES string of the molecule is CC(C)(C)[C@@H]1CCC2=NN(C(=O)c3cccc(Cl)c3)[C@](O)(C(F)(F)F)[C@H]2C1. The summed E-state index contributed by atoms with van der Waals surface area (Å²) < 4.78 is 42.0. The maximum Gasteiger partial charge on any atom is 0.439 e. The van der Waals surface area contributed by atoms with Crippen molar-refractivity contribution in [3.05, 3.63) is 34.9 Å². The number of amides is 1. The van der Waals surface area contributed by atoms with Crippen LogP contribution in [0.5, 0.6) is 0 Å². The number of nitrogens with zero attached hydrogens (tertiary/aromatic N) is 2. The van der Waals surface area contributed by atoms with Crippen LogP contribution in [0.25, 0.3) is 0 Å². The van der Waals surface area contributed by atoms with Gasteiger partial charge in [-0.3, -0.25) is 4.79 Å². The largest absolute Gasteiger partial charge is 0.439 e. The molecule has 3 atom stereocenters. The Hall–Kier alpha value is -1.60. The predicted molar refractivity (Wildman–Crippen MR) is 96.3 cm³/mol. The lowest BCUT2D eigenvalue weighted by Crippen LogP contribution is -2.62. The molecule has 148 valence electrons. The molecule has 0 saturated heterocycles. The van der Waals surface area contributed by atoms with Crippen LogP contribution in [-0.2, 0) is 0 Å². The molecular weight excluding hydrogens is 381 g/mol. The normalized spacial score (nSPS) is 28.7. The molecule has 1 aliphatic heterocycles. The van der Waals surface area contributed by atoms with E-state index in [9.17, 15) is 23.1 Å². The summed E-state index contributed by atoms with van der Waals surface area (Å²) in [6.07, 6.45) is -3.93. The van der Waals surface area contributed by atoms with Crippen molar-refractivity contribution in [1.82, 2.24) is 5.01 Å². The number of hydrogen-bond acceptors (Lipinski definition) is 3. The molecule has 27 heavy (non-hydrogen) atoms. The number of carbonyl (C=O) groups excluding carboxylic acids is 1. The van der Waals surface area contributed by atoms with Crippen molar-refractivity contribution in [2.75, 3.05) is 0 Å². The van der Waals surface area contributed by atoms with Crippen LogP contribution in [0, 0.1) is 17.3 Å². The molecule has 1 heterocycles. The van der Waals surface area contributed by atoms with Gasteiger partial charge in [0, 0.05) is 16.3 Å². The maximum atomic E-state index is 14.0. The molecule has 3 rings (SSSR count). The number of alkyl halides is 3. The van der Waals surface area contributed by atoms with Crippen molar-refractivity contribution in [1.29, 1.82) is 0 Å². The molecule has 8 heteroatoms. The summed E-state index contributed by atoms with van der Waals surface area (Å²) in [5.41, 5.74) is -3.39. The van der Waals surface area contributed by atoms with Gasteiger partial charge in [-0.1, -0.05) is 38.4 Å². The second kappa shape index (κ2) is 6.48. The number of benzene rings is 1. The Kier molecular flexibility index (Phi) is 4.84. The van der Waals surface area contributed by atoms with E-state index in [1.165, 1.54) is 24.3 Å². The van der Waals surface area contributed by atoms with Crippen molar-refractivity contribution in [3.63, 3.8) is 0 Å². The van der Waals surface area contributed by atoms with Gasteiger partial charge in [-0.15, -0.1) is 0 Å². The average molecular weight is 403 g/mol. The molecule has 1 N–H and O–H groups in total. The lowest BCUT2D eigenvalue weighted by Gasteiger charge is -2.42. The molecule has 0 aromatic heterocycles. The van der Waals surface area contributed by atoms with Crippen molar-refractivity contribution in [2.24, 2.45) is 22.4 Å². The highest BCUT2D eigenvalue weighted by molar-refractivity contribution is 6.31. The number of rotatable bonds is 1. The van der Waals surface area contributed by atoms with Crippen LogP contribution < -0.4 is 0 Å². The number of hydrogen-bond donors (Lipinski definition) is 1. The van der Waals surface area contributed by atoms with Gasteiger partial charge in [0.05, 0.1) is 5.92 Å². The zero-order valence-corrected chi connectivity index (χ0v) is 16.1. The van der Waals surface area contributed by atoms with Crippen molar-refractivity contribution >= 4 is 23.2 Å². The molecule has 1 aliphatic carbocycles. The van der Waals surface area contributed by atoms with Gasteiger partial charge in [-0.05, 0) is 48.8 Å². The van der Waals surface area contributed by atoms with Gasteiger partial charge in [0.2, 0.25) is 0 Å². The Morgan fingerprint density at radius 3 is 2.56 bits per heavy atom. The van der Waals surface area contributed by atoms with E-state index < -0.39 is 23.7 Å². The number of aliphatic hydroxyl groups is 1. The third kappa shape index (κ3) is 3.36. The van der Waals surface area contributed by atoms with Crippen LogP contribution in [-0.4, -0.2) is 33.6 Å². The Labute approximate surface area is 161 Å². The Morgan fingerprint density at radius 1 is 1.33 bits per heavy atom. The molecule has 1 saturated carbocycles. The summed E-state index contributed by atoms with van der Waals surface area (Å²) in [5, 5.41) is 15.2. The van der Waals surface area contributed by atoms with Gasteiger partial charge in [-0.25, -0.2) is 0 Å². The van der Waals surface area contributed by atoms with Gasteiger partial charge < -0.3 is 5.11 Å². The van der Waals surface area contributed by atoms with Crippen molar-refractivity contribution in [3.8, 4) is 0 Å². The van der Waals surface area contributed by atoms with Crippen LogP contribution in [0.4, 0.5) is 13.2 Å². The van der Waals surface area contributed by atoms with Gasteiger partial charge >= 0.3 is 6.18 Å². The van der Waals surface area contributed by atoms with E-state index in [0.29, 0.717) is 12.8 Å². The summed E-state index contributed by atoms with van der Waals surface area (Å²) in [7, 11) is 0. The first-order chi connectivity index (χ1) is 12.4. The summed E-state index contributed by atoms with van der Waals surface area (Å²) in [5.74, 6) is -2.30. The maximum absolute atomic E-state index is 14.0. The van der Waals surface area contributed by atoms with Crippen LogP contribution in [0.15, 0.2) is 29.4 Å². The molecule has 1 aromatic carbocycles. The standard InChI is InChI=1S/C19H22ClF3N2O2/c1-17(2,3)12-7-8-15-14(10-12)18(27,19(21,22)23)25(24-15)16(26)11-5-4-6-13(20)9-11/h4-6,9,12,14,27H,7-8,10H2,1-3H3/t12-,14+,18-/m1/s1. The molecule has 1 aromatic rings. The highest BCUT2D eigenvalue weighted by atomic mass is 35.5. The number of fused-ring (bicyclic) bond motifs is 1. The Morgan fingerprint density at radius 2 is 2.00 bits per heavy atom. The van der Waals surface area contributed by atoms with Gasteiger partial charge in [0.15, 0.2) is 0 Å². The predicted octanol–water partition coefficient (Wildman–Crippen LogP) is 4.87. The number of halogens is 4. The molecule has 2 aliphatic rings. The molecular formula is C19H22ClF3N2O2. The molecule has 0 radical (unpaired) electrons. The zero-order valence-electron chi connectivity index (χ0n) is 15.3. The Balaban J connectivity index is 2.02. The monoisotopic (exact) mass is 402 g/mol. The highest BCUT2D eigenvalue weighted by Gasteiger charge is 2.69. The molecule has 1 fully saturated rings. The molecule has 1 amide bonds. The minimum absolute atomic E-state index is 0.0171. The molecule has 0 unspecified atom stereocenters. The van der Waals surface area contributed by atoms with Crippen molar-refractivity contribution < 1.29 is 23.1 Å². The first kappa shape index (κ1) is 20.1. The van der Waals surface area contributed by atoms with E-state index in [-0.39, 0.29) is 39.1 Å². The summed E-state index contributed by atoms with van der Waals surface area (Å²) in [4.78, 5) is 12.8. The van der Waals surface area contributed by atoms with E-state index in [0.717, 1.165) is 0 Å². The van der Waals surface area contributed by atoms with E-state index in [2.05, 4.69) is 5.10 Å². The Bertz CT molecular complexity index is 788. The smallest absolute Gasteiger partial charge is 0.362 e. The summed E-state index contributed by atoms with van der Waals surface area (Å²) in [6.45, 7) is 5.91. The fourth-order valence-electron chi connectivity index (χ4n) is 3.95. The lowest BCUT2D eigenvalue weighted by atomic mass is 9.66. The molecule has 0 spiro atoms. The number of hydrazone groups is 1. The fourth-order valence-corrected chi connectivity index (χ4v) is 4.14. The minimum Gasteiger partial charge on any atom is -0.362 e. The summed E-state index contributed by atoms with van der Waals surface area (Å²) in [6, 6.07) is 5.60. The highest BCUT2D eigenvalue weighted by Crippen LogP contribution is 2.52. The third-order valence-corrected chi connectivity index (χ3v) is 5.85. The quantitative estimate of drug-likeness (QED) is 0.729. The van der Waals surface area contributed by atoms with E-state index in [1.54, 1.807) is 0 Å². The first-order valence-corrected chi connectivity index (χ1v) is 9.20. The molecule has 0 bridgehead atoms. The van der Waals surface area contributed by atoms with Gasteiger partial charge in [-0.2, -0.15) is 23.3 Å². The molecule has 4 nitrogen and oxygen atoms in total. The van der Waals surface area contributed by atoms with E-state index in [1.807, 2.05) is 20.8 Å². The van der Waals surface area contributed by atoms with Crippen LogP contribution >= 0.6 is 11.6 Å². The average Bonchev–Trinajstić information content (AvgIpc) is 2.87. The van der Waals surface area contributed by atoms with Crippen LogP contribution in [0.2, 0.25) is 5.02 Å². The second-order valence-corrected chi connectivity index (χ2v) is 8.77. The second-order valence-electron chi connectivity index (χ2n) is 8.33. The van der Waals surface area contributed by atoms with Crippen LogP contribution in [0.3, 0.4) is 0 Å². The fraction of sp³-hybridized carbons (Fsp3) is 0.579. The third-order valence-electron chi connectivity index (χ3n) is 5.61. The van der Waals surface area contributed by atoms with Crippen LogP contribution in [0.1, 0.15) is 50.4 Å². The topological polar surface area (TPSA) is 52.9 Å². The first-order valence-electron chi connectivity index (χ1n) is 8.82. The lowest BCUT2D eigenvalue weighted by molar-refractivity contribution is -0.314. The van der Waals surface area contributed by atoms with E-state index in [4.69, 9.17) is 11.6 Å². The summed E-state index contributed by atoms with van der Waals surface area (Å²) >= 11 is 5.86.